The Balaban J connectivity index is 2.35. The first-order chi connectivity index (χ1) is 9.54. The molecule has 2 amide bonds. The molecule has 0 bridgehead atoms. The molecule has 1 rings (SSSR count). The summed E-state index contributed by atoms with van der Waals surface area (Å²) < 4.78 is 5.12. The molecule has 0 aliphatic rings. The van der Waals surface area contributed by atoms with Crippen LogP contribution in [0.1, 0.15) is 30.6 Å². The van der Waals surface area contributed by atoms with Crippen molar-refractivity contribution < 1.29 is 14.3 Å². The molecule has 0 atom stereocenters. The van der Waals surface area contributed by atoms with Gasteiger partial charge in [-0.25, -0.2) is 0 Å². The van der Waals surface area contributed by atoms with Crippen LogP contribution in [0, 0.1) is 5.92 Å². The predicted molar refractivity (Wildman–Crippen MR) is 77.8 cm³/mol. The van der Waals surface area contributed by atoms with Crippen LogP contribution in [0.2, 0.25) is 0 Å². The maximum Gasteiger partial charge on any atom is 0.255 e. The Labute approximate surface area is 119 Å². The van der Waals surface area contributed by atoms with Crippen molar-refractivity contribution in [2.45, 2.75) is 20.3 Å². The van der Waals surface area contributed by atoms with E-state index in [9.17, 15) is 9.59 Å². The number of benzene rings is 1. The van der Waals surface area contributed by atoms with Crippen molar-refractivity contribution in [2.24, 2.45) is 5.92 Å². The summed E-state index contributed by atoms with van der Waals surface area (Å²) in [6, 6.07) is 7.02. The number of para-hydroxylation sites is 1. The molecular weight excluding hydrogens is 256 g/mol. The highest BCUT2D eigenvalue weighted by Crippen LogP contribution is 2.16. The van der Waals surface area contributed by atoms with Crippen molar-refractivity contribution in [3.8, 4) is 5.75 Å². The molecule has 20 heavy (non-hydrogen) atoms. The predicted octanol–water partition coefficient (Wildman–Crippen LogP) is 1.59. The average molecular weight is 278 g/mol. The van der Waals surface area contributed by atoms with E-state index in [-0.39, 0.29) is 11.8 Å². The van der Waals surface area contributed by atoms with Gasteiger partial charge in [0.15, 0.2) is 0 Å². The smallest absolute Gasteiger partial charge is 0.255 e. The summed E-state index contributed by atoms with van der Waals surface area (Å²) in [5, 5.41) is 5.51. The summed E-state index contributed by atoms with van der Waals surface area (Å²) >= 11 is 0. The molecule has 1 aromatic carbocycles. The fraction of sp³-hybridized carbons (Fsp3) is 0.467. The van der Waals surface area contributed by atoms with Crippen molar-refractivity contribution in [3.63, 3.8) is 0 Å². The highest BCUT2D eigenvalue weighted by Gasteiger charge is 2.10. The quantitative estimate of drug-likeness (QED) is 0.744. The normalized spacial score (nSPS) is 10.2. The average Bonchev–Trinajstić information content (AvgIpc) is 2.42. The minimum absolute atomic E-state index is 0.00606. The summed E-state index contributed by atoms with van der Waals surface area (Å²) in [7, 11) is 1.53. The monoisotopic (exact) mass is 278 g/mol. The Kier molecular flexibility index (Phi) is 6.56. The number of carbonyl (C=O) groups is 2. The minimum Gasteiger partial charge on any atom is -0.496 e. The van der Waals surface area contributed by atoms with E-state index in [1.165, 1.54) is 7.11 Å². The van der Waals surface area contributed by atoms with Crippen molar-refractivity contribution in [1.82, 2.24) is 10.6 Å². The maximum atomic E-state index is 11.9. The highest BCUT2D eigenvalue weighted by molar-refractivity contribution is 5.96. The first-order valence-electron chi connectivity index (χ1n) is 6.72. The lowest BCUT2D eigenvalue weighted by Crippen LogP contribution is -2.35. The largest absolute Gasteiger partial charge is 0.496 e. The zero-order chi connectivity index (χ0) is 15.0. The Morgan fingerprint density at radius 2 is 1.80 bits per heavy atom. The van der Waals surface area contributed by atoms with Crippen LogP contribution in [0.15, 0.2) is 24.3 Å². The van der Waals surface area contributed by atoms with E-state index in [2.05, 4.69) is 10.6 Å². The summed E-state index contributed by atoms with van der Waals surface area (Å²) in [6.07, 6.45) is 0.500. The van der Waals surface area contributed by atoms with Gasteiger partial charge < -0.3 is 15.4 Å². The van der Waals surface area contributed by atoms with Crippen molar-refractivity contribution in [1.29, 1.82) is 0 Å². The van der Waals surface area contributed by atoms with E-state index in [1.54, 1.807) is 18.2 Å². The number of nitrogens with one attached hydrogen (secondary N) is 2. The fourth-order valence-electron chi connectivity index (χ4n) is 1.75. The van der Waals surface area contributed by atoms with E-state index < -0.39 is 0 Å². The third kappa shape index (κ3) is 5.30. The number of hydrogen-bond acceptors (Lipinski definition) is 3. The maximum absolute atomic E-state index is 11.9. The van der Waals surface area contributed by atoms with E-state index in [0.717, 1.165) is 0 Å². The topological polar surface area (TPSA) is 67.4 Å². The van der Waals surface area contributed by atoms with Gasteiger partial charge in [-0.15, -0.1) is 0 Å². The Hall–Kier alpha value is -2.04. The van der Waals surface area contributed by atoms with Crippen LogP contribution in [0.3, 0.4) is 0 Å². The Bertz CT molecular complexity index is 458. The molecule has 0 radical (unpaired) electrons. The molecule has 0 aromatic heterocycles. The van der Waals surface area contributed by atoms with Crippen molar-refractivity contribution >= 4 is 11.8 Å². The van der Waals surface area contributed by atoms with Crippen LogP contribution in [0.4, 0.5) is 0 Å². The van der Waals surface area contributed by atoms with E-state index in [1.807, 2.05) is 19.9 Å². The molecule has 0 aliphatic carbocycles. The lowest BCUT2D eigenvalue weighted by molar-refractivity contribution is -0.121. The van der Waals surface area contributed by atoms with Gasteiger partial charge in [0, 0.05) is 19.5 Å². The molecule has 5 heteroatoms. The van der Waals surface area contributed by atoms with Gasteiger partial charge in [-0.3, -0.25) is 9.59 Å². The lowest BCUT2D eigenvalue weighted by Gasteiger charge is -2.10. The van der Waals surface area contributed by atoms with E-state index in [4.69, 9.17) is 4.74 Å². The summed E-state index contributed by atoms with van der Waals surface area (Å²) in [5.74, 6) is 0.666. The van der Waals surface area contributed by atoms with Crippen molar-refractivity contribution in [3.05, 3.63) is 29.8 Å². The molecule has 2 N–H and O–H groups in total. The number of carbonyl (C=O) groups excluding carboxylic acids is 2. The van der Waals surface area contributed by atoms with Crippen LogP contribution in [0.25, 0.3) is 0 Å². The Morgan fingerprint density at radius 1 is 1.15 bits per heavy atom. The second-order valence-electron chi connectivity index (χ2n) is 4.90. The minimum atomic E-state index is -0.208. The van der Waals surface area contributed by atoms with Gasteiger partial charge in [0.2, 0.25) is 5.91 Å². The SMILES string of the molecule is COc1ccccc1C(=O)NCCNC(=O)CC(C)C. The van der Waals surface area contributed by atoms with Crippen molar-refractivity contribution in [2.75, 3.05) is 20.2 Å². The van der Waals surface area contributed by atoms with Crippen LogP contribution >= 0.6 is 0 Å². The van der Waals surface area contributed by atoms with Crippen LogP contribution in [-0.2, 0) is 4.79 Å². The molecule has 0 aliphatic heterocycles. The van der Waals surface area contributed by atoms with Crippen LogP contribution in [-0.4, -0.2) is 32.0 Å². The van der Waals surface area contributed by atoms with Crippen LogP contribution in [0.5, 0.6) is 5.75 Å². The molecule has 0 saturated heterocycles. The molecule has 1 aromatic rings. The summed E-state index contributed by atoms with van der Waals surface area (Å²) in [4.78, 5) is 23.4. The number of amides is 2. The molecule has 110 valence electrons. The first kappa shape index (κ1) is 16.0. The van der Waals surface area contributed by atoms with Gasteiger partial charge in [0.25, 0.3) is 5.91 Å². The molecule has 0 unspecified atom stereocenters. The molecule has 0 heterocycles. The number of methoxy groups -OCH3 is 1. The second-order valence-corrected chi connectivity index (χ2v) is 4.90. The summed E-state index contributed by atoms with van der Waals surface area (Å²) in [5.41, 5.74) is 0.489. The third-order valence-electron chi connectivity index (χ3n) is 2.68. The number of hydrogen-bond donors (Lipinski definition) is 2. The van der Waals surface area contributed by atoms with Crippen LogP contribution < -0.4 is 15.4 Å². The van der Waals surface area contributed by atoms with Gasteiger partial charge in [-0.05, 0) is 18.1 Å². The number of ether oxygens (including phenoxy) is 1. The summed E-state index contributed by atoms with van der Waals surface area (Å²) in [6.45, 7) is 4.79. The highest BCUT2D eigenvalue weighted by atomic mass is 16.5. The van der Waals surface area contributed by atoms with Gasteiger partial charge in [-0.2, -0.15) is 0 Å². The standard InChI is InChI=1S/C15H22N2O3/c1-11(2)10-14(18)16-8-9-17-15(19)12-6-4-5-7-13(12)20-3/h4-7,11H,8-10H2,1-3H3,(H,16,18)(H,17,19). The van der Waals surface area contributed by atoms with Gasteiger partial charge >= 0.3 is 0 Å². The molecule has 5 nitrogen and oxygen atoms in total. The number of rotatable bonds is 7. The molecular formula is C15H22N2O3. The lowest BCUT2D eigenvalue weighted by atomic mass is 10.1. The molecule has 0 saturated carbocycles. The fourth-order valence-corrected chi connectivity index (χ4v) is 1.75. The van der Waals surface area contributed by atoms with Gasteiger partial charge in [0.05, 0.1) is 12.7 Å². The third-order valence-corrected chi connectivity index (χ3v) is 2.68. The van der Waals surface area contributed by atoms with E-state index in [0.29, 0.717) is 36.7 Å². The first-order valence-corrected chi connectivity index (χ1v) is 6.72. The van der Waals surface area contributed by atoms with Gasteiger partial charge in [-0.1, -0.05) is 26.0 Å². The van der Waals surface area contributed by atoms with E-state index >= 15 is 0 Å². The zero-order valence-electron chi connectivity index (χ0n) is 12.2. The second kappa shape index (κ2) is 8.19. The Morgan fingerprint density at radius 3 is 2.45 bits per heavy atom. The molecule has 0 fully saturated rings. The zero-order valence-corrected chi connectivity index (χ0v) is 12.2. The van der Waals surface area contributed by atoms with Gasteiger partial charge in [0.1, 0.15) is 5.75 Å². The molecule has 0 spiro atoms.